The summed E-state index contributed by atoms with van der Waals surface area (Å²) in [5, 5.41) is 6.10. The fourth-order valence-electron chi connectivity index (χ4n) is 2.26. The zero-order valence-corrected chi connectivity index (χ0v) is 15.0. The van der Waals surface area contributed by atoms with E-state index in [2.05, 4.69) is 25.6 Å². The number of amides is 1. The Hall–Kier alpha value is -2.35. The van der Waals surface area contributed by atoms with E-state index in [1.807, 2.05) is 31.2 Å². The number of benzene rings is 1. The van der Waals surface area contributed by atoms with Gasteiger partial charge in [-0.3, -0.25) is 4.79 Å². The Kier molecular flexibility index (Phi) is 5.70. The van der Waals surface area contributed by atoms with E-state index in [0.29, 0.717) is 29.2 Å². The van der Waals surface area contributed by atoms with Crippen LogP contribution in [0.15, 0.2) is 24.3 Å². The molecule has 132 valence electrons. The van der Waals surface area contributed by atoms with Gasteiger partial charge in [0.15, 0.2) is 0 Å². The fraction of sp³-hybridized carbons (Fsp3) is 0.412. The lowest BCUT2D eigenvalue weighted by Crippen LogP contribution is -2.27. The van der Waals surface area contributed by atoms with Crippen LogP contribution < -0.4 is 16.4 Å². The van der Waals surface area contributed by atoms with Crippen molar-refractivity contribution in [3.8, 4) is 0 Å². The number of thioether (sulfide) groups is 1. The van der Waals surface area contributed by atoms with Crippen molar-refractivity contribution in [2.75, 3.05) is 23.3 Å². The first-order valence-electron chi connectivity index (χ1n) is 8.27. The second kappa shape index (κ2) is 8.15. The number of carbonyl (C=O) groups excluding carboxylic acids is 1. The van der Waals surface area contributed by atoms with Crippen molar-refractivity contribution >= 4 is 35.3 Å². The van der Waals surface area contributed by atoms with Crippen LogP contribution in [0.4, 0.5) is 17.6 Å². The predicted octanol–water partition coefficient (Wildman–Crippen LogP) is 2.27. The maximum absolute atomic E-state index is 11.8. The molecule has 1 amide bonds. The molecule has 0 unspecified atom stereocenters. The molecule has 0 saturated heterocycles. The molecule has 25 heavy (non-hydrogen) atoms. The van der Waals surface area contributed by atoms with Gasteiger partial charge in [-0.15, -0.1) is 11.8 Å². The van der Waals surface area contributed by atoms with E-state index in [1.54, 1.807) is 0 Å². The number of anilines is 3. The average Bonchev–Trinajstić information content (AvgIpc) is 3.39. The van der Waals surface area contributed by atoms with Crippen molar-refractivity contribution < 1.29 is 4.79 Å². The highest BCUT2D eigenvalue weighted by Gasteiger charge is 2.21. The maximum atomic E-state index is 11.8. The van der Waals surface area contributed by atoms with Gasteiger partial charge in [-0.05, 0) is 37.3 Å². The number of nitrogens with zero attached hydrogens (tertiary/aromatic N) is 3. The fourth-order valence-corrected chi connectivity index (χ4v) is 2.96. The van der Waals surface area contributed by atoms with Gasteiger partial charge in [0.25, 0.3) is 0 Å². The second-order valence-corrected chi connectivity index (χ2v) is 7.10. The zero-order chi connectivity index (χ0) is 17.6. The van der Waals surface area contributed by atoms with Crippen LogP contribution in [-0.4, -0.2) is 33.2 Å². The lowest BCUT2D eigenvalue weighted by atomic mass is 10.2. The molecule has 0 spiro atoms. The number of aromatic nitrogens is 3. The average molecular weight is 358 g/mol. The number of aryl methyl sites for hydroxylation is 1. The van der Waals surface area contributed by atoms with E-state index in [0.717, 1.165) is 17.8 Å². The Balaban J connectivity index is 1.53. The molecule has 0 aliphatic heterocycles. The summed E-state index contributed by atoms with van der Waals surface area (Å²) in [6.07, 6.45) is 2.46. The third kappa shape index (κ3) is 5.60. The van der Waals surface area contributed by atoms with Crippen molar-refractivity contribution in [1.82, 2.24) is 20.3 Å². The minimum Gasteiger partial charge on any atom is -0.368 e. The number of rotatable bonds is 8. The van der Waals surface area contributed by atoms with Gasteiger partial charge in [0.05, 0.1) is 11.5 Å². The highest BCUT2D eigenvalue weighted by atomic mass is 32.2. The summed E-state index contributed by atoms with van der Waals surface area (Å²) in [5.74, 6) is 2.77. The second-order valence-electron chi connectivity index (χ2n) is 6.11. The molecule has 1 heterocycles. The van der Waals surface area contributed by atoms with Crippen molar-refractivity contribution in [1.29, 1.82) is 0 Å². The maximum Gasteiger partial charge on any atom is 0.232 e. The third-order valence-corrected chi connectivity index (χ3v) is 4.77. The van der Waals surface area contributed by atoms with Crippen molar-refractivity contribution in [2.45, 2.75) is 25.5 Å². The minimum atomic E-state index is 0.0530. The number of hydrogen-bond donors (Lipinski definition) is 3. The highest BCUT2D eigenvalue weighted by molar-refractivity contribution is 7.99. The van der Waals surface area contributed by atoms with Gasteiger partial charge in [0.1, 0.15) is 5.82 Å². The van der Waals surface area contributed by atoms with Crippen LogP contribution in [0.1, 0.15) is 24.2 Å². The van der Waals surface area contributed by atoms with Crippen molar-refractivity contribution in [2.24, 2.45) is 5.92 Å². The quantitative estimate of drug-likeness (QED) is 0.664. The molecule has 2 aromatic rings. The standard InChI is InChI=1S/C17H22N6OS/c1-11-4-2-3-5-13(11)20-17-22-14(21-16(18)23-17)9-25-10-15(24)19-8-12-6-7-12/h2-5,12H,6-10H2,1H3,(H,19,24)(H3,18,20,21,22,23). The lowest BCUT2D eigenvalue weighted by molar-refractivity contribution is -0.118. The van der Waals surface area contributed by atoms with Crippen LogP contribution in [0.5, 0.6) is 0 Å². The molecule has 4 N–H and O–H groups in total. The van der Waals surface area contributed by atoms with E-state index in [9.17, 15) is 4.79 Å². The number of nitrogens with one attached hydrogen (secondary N) is 2. The molecule has 0 radical (unpaired) electrons. The number of para-hydroxylation sites is 1. The first-order valence-corrected chi connectivity index (χ1v) is 9.43. The summed E-state index contributed by atoms with van der Waals surface area (Å²) in [4.78, 5) is 24.4. The summed E-state index contributed by atoms with van der Waals surface area (Å²) in [7, 11) is 0. The molecule has 3 rings (SSSR count). The monoisotopic (exact) mass is 358 g/mol. The Bertz CT molecular complexity index is 750. The number of hydrogen-bond acceptors (Lipinski definition) is 7. The van der Waals surface area contributed by atoms with Crippen LogP contribution in [0.25, 0.3) is 0 Å². The van der Waals surface area contributed by atoms with Crippen molar-refractivity contribution in [3.05, 3.63) is 35.7 Å². The summed E-state index contributed by atoms with van der Waals surface area (Å²) >= 11 is 1.47. The van der Waals surface area contributed by atoms with E-state index in [-0.39, 0.29) is 11.9 Å². The molecule has 8 heteroatoms. The smallest absolute Gasteiger partial charge is 0.232 e. The van der Waals surface area contributed by atoms with Gasteiger partial charge in [0, 0.05) is 12.2 Å². The SMILES string of the molecule is Cc1ccccc1Nc1nc(N)nc(CSCC(=O)NCC2CC2)n1. The van der Waals surface area contributed by atoms with Crippen LogP contribution in [0.3, 0.4) is 0 Å². The molecular weight excluding hydrogens is 336 g/mol. The Labute approximate surface area is 151 Å². The van der Waals surface area contributed by atoms with Crippen molar-refractivity contribution in [3.63, 3.8) is 0 Å². The van der Waals surface area contributed by atoms with Gasteiger partial charge in [-0.2, -0.15) is 15.0 Å². The van der Waals surface area contributed by atoms with E-state index < -0.39 is 0 Å². The van der Waals surface area contributed by atoms with Crippen LogP contribution in [0, 0.1) is 12.8 Å². The molecule has 0 atom stereocenters. The van der Waals surface area contributed by atoms with Crippen LogP contribution in [-0.2, 0) is 10.5 Å². The molecule has 7 nitrogen and oxygen atoms in total. The number of nitrogens with two attached hydrogens (primary N) is 1. The van der Waals surface area contributed by atoms with E-state index in [4.69, 9.17) is 5.73 Å². The summed E-state index contributed by atoms with van der Waals surface area (Å²) < 4.78 is 0. The molecule has 1 fully saturated rings. The first kappa shape index (κ1) is 17.5. The molecule has 1 aliphatic rings. The molecule has 1 aromatic carbocycles. The number of nitrogen functional groups attached to an aromatic ring is 1. The van der Waals surface area contributed by atoms with Gasteiger partial charge in [-0.1, -0.05) is 18.2 Å². The number of carbonyl (C=O) groups is 1. The van der Waals surface area contributed by atoms with Crippen LogP contribution >= 0.6 is 11.8 Å². The minimum absolute atomic E-state index is 0.0530. The molecule has 1 saturated carbocycles. The zero-order valence-electron chi connectivity index (χ0n) is 14.2. The van der Waals surface area contributed by atoms with Gasteiger partial charge < -0.3 is 16.4 Å². The molecule has 0 bridgehead atoms. The van der Waals surface area contributed by atoms with Gasteiger partial charge in [0.2, 0.25) is 17.8 Å². The Morgan fingerprint density at radius 3 is 2.84 bits per heavy atom. The van der Waals surface area contributed by atoms with E-state index in [1.165, 1.54) is 24.6 Å². The molecule has 1 aromatic heterocycles. The van der Waals surface area contributed by atoms with E-state index >= 15 is 0 Å². The lowest BCUT2D eigenvalue weighted by Gasteiger charge is -2.09. The summed E-state index contributed by atoms with van der Waals surface area (Å²) in [6, 6.07) is 7.87. The van der Waals surface area contributed by atoms with Crippen LogP contribution in [0.2, 0.25) is 0 Å². The first-order chi connectivity index (χ1) is 12.1. The topological polar surface area (TPSA) is 106 Å². The largest absolute Gasteiger partial charge is 0.368 e. The predicted molar refractivity (Wildman–Crippen MR) is 101 cm³/mol. The summed E-state index contributed by atoms with van der Waals surface area (Å²) in [5.41, 5.74) is 7.79. The summed E-state index contributed by atoms with van der Waals surface area (Å²) in [6.45, 7) is 2.80. The normalized spacial score (nSPS) is 13.5. The third-order valence-electron chi connectivity index (χ3n) is 3.84. The molecule has 1 aliphatic carbocycles. The van der Waals surface area contributed by atoms with Gasteiger partial charge in [-0.25, -0.2) is 0 Å². The Morgan fingerprint density at radius 1 is 1.28 bits per heavy atom. The highest BCUT2D eigenvalue weighted by Crippen LogP contribution is 2.27. The van der Waals surface area contributed by atoms with Gasteiger partial charge >= 0.3 is 0 Å². The molecular formula is C17H22N6OS. The Morgan fingerprint density at radius 2 is 2.08 bits per heavy atom.